The Hall–Kier alpha value is -2.94. The van der Waals surface area contributed by atoms with Crippen LogP contribution in [0.1, 0.15) is 29.3 Å². The Bertz CT molecular complexity index is 837. The second kappa shape index (κ2) is 8.95. The van der Waals surface area contributed by atoms with Crippen LogP contribution in [0.5, 0.6) is 11.5 Å². The average Bonchev–Trinajstić information content (AvgIpc) is 2.63. The number of nitro benzene ring substituents is 1. The standard InChI is InChI=1S/C17H16BrN3O5/c1-2-7-26-14-5-3-11(4-6-14)17(23)20-19-10-12-8-13(21(24)25)9-15(18)16(12)22/h3-6,8-10,22H,2,7H2,1H3,(H,20,23)/b19-10+. The average molecular weight is 422 g/mol. The van der Waals surface area contributed by atoms with Gasteiger partial charge in [-0.05, 0) is 46.6 Å². The Labute approximate surface area is 157 Å². The Morgan fingerprint density at radius 1 is 1.38 bits per heavy atom. The van der Waals surface area contributed by atoms with Crippen molar-refractivity contribution >= 4 is 33.7 Å². The molecule has 0 saturated carbocycles. The van der Waals surface area contributed by atoms with Crippen LogP contribution in [-0.4, -0.2) is 28.8 Å². The lowest BCUT2D eigenvalue weighted by Gasteiger charge is -2.05. The number of ether oxygens (including phenoxy) is 1. The van der Waals surface area contributed by atoms with Crippen molar-refractivity contribution in [2.45, 2.75) is 13.3 Å². The van der Waals surface area contributed by atoms with Crippen LogP contribution in [0, 0.1) is 10.1 Å². The molecule has 0 bridgehead atoms. The molecule has 0 aliphatic heterocycles. The molecule has 9 heteroatoms. The van der Waals surface area contributed by atoms with Gasteiger partial charge in [-0.1, -0.05) is 6.92 Å². The number of phenols is 1. The van der Waals surface area contributed by atoms with E-state index in [1.165, 1.54) is 6.07 Å². The van der Waals surface area contributed by atoms with Crippen molar-refractivity contribution in [2.24, 2.45) is 5.10 Å². The van der Waals surface area contributed by atoms with Gasteiger partial charge in [0.2, 0.25) is 0 Å². The minimum atomic E-state index is -0.595. The van der Waals surface area contributed by atoms with E-state index >= 15 is 0 Å². The van der Waals surface area contributed by atoms with E-state index in [4.69, 9.17) is 4.74 Å². The Balaban J connectivity index is 2.06. The molecule has 0 heterocycles. The van der Waals surface area contributed by atoms with Crippen molar-refractivity contribution in [3.63, 3.8) is 0 Å². The first kappa shape index (κ1) is 19.4. The van der Waals surface area contributed by atoms with Crippen LogP contribution in [0.4, 0.5) is 5.69 Å². The van der Waals surface area contributed by atoms with E-state index in [2.05, 4.69) is 26.5 Å². The maximum Gasteiger partial charge on any atom is 0.271 e. The number of benzene rings is 2. The maximum atomic E-state index is 12.0. The van der Waals surface area contributed by atoms with Crippen LogP contribution in [-0.2, 0) is 0 Å². The van der Waals surface area contributed by atoms with Crippen LogP contribution < -0.4 is 10.2 Å². The molecule has 8 nitrogen and oxygen atoms in total. The van der Waals surface area contributed by atoms with E-state index in [9.17, 15) is 20.0 Å². The predicted molar refractivity (Wildman–Crippen MR) is 99.7 cm³/mol. The number of rotatable bonds is 7. The van der Waals surface area contributed by atoms with E-state index in [-0.39, 0.29) is 21.5 Å². The smallest absolute Gasteiger partial charge is 0.271 e. The zero-order chi connectivity index (χ0) is 19.1. The highest BCUT2D eigenvalue weighted by atomic mass is 79.9. The maximum absolute atomic E-state index is 12.0. The summed E-state index contributed by atoms with van der Waals surface area (Å²) in [6, 6.07) is 8.87. The highest BCUT2D eigenvalue weighted by Crippen LogP contribution is 2.31. The number of carbonyl (C=O) groups excluding carboxylic acids is 1. The fraction of sp³-hybridized carbons (Fsp3) is 0.176. The Kier molecular flexibility index (Phi) is 6.67. The van der Waals surface area contributed by atoms with Gasteiger partial charge in [0.15, 0.2) is 0 Å². The third kappa shape index (κ3) is 5.03. The van der Waals surface area contributed by atoms with E-state index in [1.807, 2.05) is 6.92 Å². The highest BCUT2D eigenvalue weighted by molar-refractivity contribution is 9.10. The number of non-ortho nitro benzene ring substituents is 1. The van der Waals surface area contributed by atoms with Gasteiger partial charge in [0.1, 0.15) is 11.5 Å². The van der Waals surface area contributed by atoms with Gasteiger partial charge in [0.25, 0.3) is 11.6 Å². The number of aromatic hydroxyl groups is 1. The zero-order valence-corrected chi connectivity index (χ0v) is 15.4. The monoisotopic (exact) mass is 421 g/mol. The Morgan fingerprint density at radius 2 is 2.08 bits per heavy atom. The van der Waals surface area contributed by atoms with Crippen LogP contribution in [0.15, 0.2) is 46.0 Å². The van der Waals surface area contributed by atoms with E-state index < -0.39 is 10.8 Å². The zero-order valence-electron chi connectivity index (χ0n) is 13.8. The van der Waals surface area contributed by atoms with Crippen molar-refractivity contribution in [3.8, 4) is 11.5 Å². The predicted octanol–water partition coefficient (Wildman–Crippen LogP) is 3.62. The van der Waals surface area contributed by atoms with Crippen LogP contribution in [0.25, 0.3) is 0 Å². The van der Waals surface area contributed by atoms with Gasteiger partial charge in [-0.25, -0.2) is 5.43 Å². The normalized spacial score (nSPS) is 10.7. The van der Waals surface area contributed by atoms with Gasteiger partial charge in [0.05, 0.1) is 22.2 Å². The van der Waals surface area contributed by atoms with Crippen LogP contribution in [0.3, 0.4) is 0 Å². The molecule has 2 rings (SSSR count). The molecule has 0 aliphatic rings. The molecule has 0 aromatic heterocycles. The summed E-state index contributed by atoms with van der Waals surface area (Å²) in [7, 11) is 0. The minimum absolute atomic E-state index is 0.0923. The number of hydrazone groups is 1. The van der Waals surface area contributed by atoms with Crippen molar-refractivity contribution < 1.29 is 19.6 Å². The molecular formula is C17H16BrN3O5. The first-order chi connectivity index (χ1) is 12.4. The first-order valence-corrected chi connectivity index (χ1v) is 8.44. The third-order valence-electron chi connectivity index (χ3n) is 3.25. The number of phenolic OH excluding ortho intramolecular Hbond substituents is 1. The molecule has 0 fully saturated rings. The summed E-state index contributed by atoms with van der Waals surface area (Å²) in [6.45, 7) is 2.59. The fourth-order valence-electron chi connectivity index (χ4n) is 1.96. The number of hydrogen-bond donors (Lipinski definition) is 2. The summed E-state index contributed by atoms with van der Waals surface area (Å²) in [5.41, 5.74) is 2.54. The van der Waals surface area contributed by atoms with E-state index in [0.717, 1.165) is 18.7 Å². The molecule has 0 unspecified atom stereocenters. The van der Waals surface area contributed by atoms with Gasteiger partial charge in [0, 0.05) is 23.3 Å². The van der Waals surface area contributed by atoms with Gasteiger partial charge in [-0.3, -0.25) is 14.9 Å². The molecule has 26 heavy (non-hydrogen) atoms. The molecule has 136 valence electrons. The lowest BCUT2D eigenvalue weighted by Crippen LogP contribution is -2.17. The summed E-state index contributed by atoms with van der Waals surface area (Å²) in [5.74, 6) is -0.0171. The molecule has 2 aromatic carbocycles. The lowest BCUT2D eigenvalue weighted by molar-refractivity contribution is -0.385. The molecule has 2 N–H and O–H groups in total. The number of halogens is 1. The molecule has 0 atom stereocenters. The first-order valence-electron chi connectivity index (χ1n) is 7.65. The van der Waals surface area contributed by atoms with Crippen molar-refractivity contribution in [1.82, 2.24) is 5.43 Å². The summed E-state index contributed by atoms with van der Waals surface area (Å²) < 4.78 is 5.59. The molecule has 2 aromatic rings. The summed E-state index contributed by atoms with van der Waals surface area (Å²) in [4.78, 5) is 22.3. The lowest BCUT2D eigenvalue weighted by atomic mass is 10.2. The molecule has 0 aliphatic carbocycles. The summed E-state index contributed by atoms with van der Waals surface area (Å²) >= 11 is 3.03. The van der Waals surface area contributed by atoms with Gasteiger partial charge < -0.3 is 9.84 Å². The second-order valence-electron chi connectivity index (χ2n) is 5.19. The number of nitrogens with one attached hydrogen (secondary N) is 1. The van der Waals surface area contributed by atoms with Crippen LogP contribution >= 0.6 is 15.9 Å². The largest absolute Gasteiger partial charge is 0.506 e. The number of carbonyl (C=O) groups is 1. The molecule has 1 amide bonds. The van der Waals surface area contributed by atoms with Gasteiger partial charge in [-0.15, -0.1) is 0 Å². The SMILES string of the molecule is CCCOc1ccc(C(=O)N/N=C/c2cc([N+](=O)[O-])cc(Br)c2O)cc1. The third-order valence-corrected chi connectivity index (χ3v) is 3.85. The van der Waals surface area contributed by atoms with Gasteiger partial charge >= 0.3 is 0 Å². The van der Waals surface area contributed by atoms with Crippen molar-refractivity contribution in [1.29, 1.82) is 0 Å². The second-order valence-corrected chi connectivity index (χ2v) is 6.05. The van der Waals surface area contributed by atoms with Crippen LogP contribution in [0.2, 0.25) is 0 Å². The highest BCUT2D eigenvalue weighted by Gasteiger charge is 2.13. The quantitative estimate of drug-likeness (QED) is 0.402. The number of nitrogens with zero attached hydrogens (tertiary/aromatic N) is 2. The topological polar surface area (TPSA) is 114 Å². The van der Waals surface area contributed by atoms with Crippen molar-refractivity contribution in [2.75, 3.05) is 6.61 Å². The molecular weight excluding hydrogens is 406 g/mol. The molecule has 0 spiro atoms. The number of nitro groups is 1. The van der Waals surface area contributed by atoms with Gasteiger partial charge in [-0.2, -0.15) is 5.10 Å². The minimum Gasteiger partial charge on any atom is -0.506 e. The summed E-state index contributed by atoms with van der Waals surface area (Å²) in [5, 5.41) is 24.5. The fourth-order valence-corrected chi connectivity index (χ4v) is 2.42. The van der Waals surface area contributed by atoms with E-state index in [1.54, 1.807) is 24.3 Å². The number of amides is 1. The van der Waals surface area contributed by atoms with E-state index in [0.29, 0.717) is 17.9 Å². The number of hydrogen-bond acceptors (Lipinski definition) is 6. The molecule has 0 saturated heterocycles. The van der Waals surface area contributed by atoms with Crippen molar-refractivity contribution in [3.05, 3.63) is 62.1 Å². The summed E-state index contributed by atoms with van der Waals surface area (Å²) in [6.07, 6.45) is 2.02. The molecule has 0 radical (unpaired) electrons. The Morgan fingerprint density at radius 3 is 2.69 bits per heavy atom.